The van der Waals surface area contributed by atoms with Crippen molar-refractivity contribution in [2.75, 3.05) is 32.7 Å². The monoisotopic (exact) mass is 443 g/mol. The minimum Gasteiger partial charge on any atom is -0.337 e. The third-order valence-electron chi connectivity index (χ3n) is 5.67. The fourth-order valence-corrected chi connectivity index (χ4v) is 3.90. The van der Waals surface area contributed by atoms with Crippen LogP contribution in [0.5, 0.6) is 0 Å². The molecule has 1 aliphatic rings. The molecule has 2 amide bonds. The van der Waals surface area contributed by atoms with Crippen molar-refractivity contribution in [2.45, 2.75) is 39.3 Å². The van der Waals surface area contributed by atoms with E-state index in [2.05, 4.69) is 4.90 Å². The number of amides is 2. The third kappa shape index (κ3) is 6.36. The van der Waals surface area contributed by atoms with Gasteiger partial charge < -0.3 is 9.80 Å². The molecule has 2 aromatic rings. The molecule has 3 rings (SSSR count). The summed E-state index contributed by atoms with van der Waals surface area (Å²) in [5.74, 6) is -0.841. The molecule has 5 nitrogen and oxygen atoms in total. The Labute approximate surface area is 188 Å². The first-order valence-electron chi connectivity index (χ1n) is 11.0. The van der Waals surface area contributed by atoms with Gasteiger partial charge in [-0.3, -0.25) is 14.5 Å². The fourth-order valence-electron chi connectivity index (χ4n) is 3.90. The molecule has 0 radical (unpaired) electrons. The Balaban J connectivity index is 1.62. The van der Waals surface area contributed by atoms with E-state index in [0.29, 0.717) is 38.3 Å². The lowest BCUT2D eigenvalue weighted by atomic mass is 10.0. The second-order valence-corrected chi connectivity index (χ2v) is 9.21. The molecule has 0 aromatic heterocycles. The number of rotatable bonds is 5. The average Bonchev–Trinajstić information content (AvgIpc) is 2.97. The molecule has 0 unspecified atom stereocenters. The third-order valence-corrected chi connectivity index (χ3v) is 5.67. The lowest BCUT2D eigenvalue weighted by Gasteiger charge is -2.37. The van der Waals surface area contributed by atoms with Crippen molar-refractivity contribution in [3.63, 3.8) is 0 Å². The van der Waals surface area contributed by atoms with E-state index in [1.807, 2.05) is 26.8 Å². The van der Waals surface area contributed by atoms with Crippen LogP contribution in [0, 0.1) is 11.6 Å². The Kier molecular flexibility index (Phi) is 7.61. The Hall–Kier alpha value is -2.80. The first kappa shape index (κ1) is 23.9. The smallest absolute Gasteiger partial charge is 0.253 e. The highest BCUT2D eigenvalue weighted by Gasteiger charge is 2.29. The van der Waals surface area contributed by atoms with Gasteiger partial charge >= 0.3 is 0 Å². The number of hydrogen-bond acceptors (Lipinski definition) is 3. The Morgan fingerprint density at radius 2 is 1.66 bits per heavy atom. The lowest BCUT2D eigenvalue weighted by Crippen LogP contribution is -2.49. The van der Waals surface area contributed by atoms with Crippen LogP contribution in [0.4, 0.5) is 8.78 Å². The number of halogens is 2. The first-order chi connectivity index (χ1) is 15.1. The number of carbonyl (C=O) groups excluding carboxylic acids is 2. The zero-order valence-electron chi connectivity index (χ0n) is 19.0. The van der Waals surface area contributed by atoms with Crippen molar-refractivity contribution in [2.24, 2.45) is 0 Å². The van der Waals surface area contributed by atoms with Gasteiger partial charge in [-0.25, -0.2) is 8.78 Å². The molecule has 0 bridgehead atoms. The second-order valence-electron chi connectivity index (χ2n) is 9.21. The Bertz CT molecular complexity index is 941. The fraction of sp³-hybridized carbons (Fsp3) is 0.440. The van der Waals surface area contributed by atoms with Crippen molar-refractivity contribution in [1.29, 1.82) is 0 Å². The zero-order valence-corrected chi connectivity index (χ0v) is 19.0. The van der Waals surface area contributed by atoms with Gasteiger partial charge in [0.2, 0.25) is 5.91 Å². The van der Waals surface area contributed by atoms with Crippen molar-refractivity contribution in [1.82, 2.24) is 14.7 Å². The highest BCUT2D eigenvalue weighted by Crippen LogP contribution is 2.19. The maximum absolute atomic E-state index is 13.6. The summed E-state index contributed by atoms with van der Waals surface area (Å²) in [7, 11) is 0. The molecule has 0 atom stereocenters. The standard InChI is InChI=1S/C25H31F2N3O2/c1-25(2,3)30(17-19-6-4-7-22(27)16-19)23(31)18-28-12-5-13-29(15-14-28)24(32)20-8-10-21(26)11-9-20/h4,6-11,16H,5,12-15,17-18H2,1-3H3. The van der Waals surface area contributed by atoms with Crippen LogP contribution in [0.25, 0.3) is 0 Å². The predicted molar refractivity (Wildman–Crippen MR) is 120 cm³/mol. The van der Waals surface area contributed by atoms with Crippen molar-refractivity contribution >= 4 is 11.8 Å². The van der Waals surface area contributed by atoms with E-state index < -0.39 is 5.54 Å². The van der Waals surface area contributed by atoms with Gasteiger partial charge in [0.25, 0.3) is 5.91 Å². The molecule has 0 saturated carbocycles. The molecule has 0 N–H and O–H groups in total. The van der Waals surface area contributed by atoms with E-state index in [1.165, 1.54) is 36.4 Å². The van der Waals surface area contributed by atoms with Gasteiger partial charge in [-0.15, -0.1) is 0 Å². The second kappa shape index (κ2) is 10.2. The Morgan fingerprint density at radius 1 is 0.938 bits per heavy atom. The molecule has 2 aromatic carbocycles. The molecule has 172 valence electrons. The van der Waals surface area contributed by atoms with Gasteiger partial charge in [-0.2, -0.15) is 0 Å². The summed E-state index contributed by atoms with van der Waals surface area (Å²) >= 11 is 0. The largest absolute Gasteiger partial charge is 0.337 e. The SMILES string of the molecule is CC(C)(C)N(Cc1cccc(F)c1)C(=O)CN1CCCN(C(=O)c2ccc(F)cc2)CC1. The van der Waals surface area contributed by atoms with Crippen molar-refractivity contribution in [3.05, 3.63) is 71.3 Å². The zero-order chi connectivity index (χ0) is 23.3. The highest BCUT2D eigenvalue weighted by molar-refractivity contribution is 5.94. The minimum atomic E-state index is -0.417. The van der Waals surface area contributed by atoms with E-state index in [-0.39, 0.29) is 30.0 Å². The van der Waals surface area contributed by atoms with Crippen LogP contribution < -0.4 is 0 Å². The summed E-state index contributed by atoms with van der Waals surface area (Å²) in [4.78, 5) is 31.5. The van der Waals surface area contributed by atoms with Gasteiger partial charge in [0.15, 0.2) is 0 Å². The molecule has 0 spiro atoms. The summed E-state index contributed by atoms with van der Waals surface area (Å²) in [6, 6.07) is 11.9. The maximum atomic E-state index is 13.6. The van der Waals surface area contributed by atoms with Gasteiger partial charge in [0.05, 0.1) is 6.54 Å². The van der Waals surface area contributed by atoms with Crippen LogP contribution in [-0.4, -0.2) is 64.8 Å². The number of hydrogen-bond donors (Lipinski definition) is 0. The molecule has 7 heteroatoms. The normalized spacial score (nSPS) is 15.3. The maximum Gasteiger partial charge on any atom is 0.253 e. The minimum absolute atomic E-state index is 0.0277. The predicted octanol–water partition coefficient (Wildman–Crippen LogP) is 3.94. The molecular weight excluding hydrogens is 412 g/mol. The van der Waals surface area contributed by atoms with Gasteiger partial charge in [-0.05, 0) is 69.2 Å². The summed E-state index contributed by atoms with van der Waals surface area (Å²) in [5, 5.41) is 0. The van der Waals surface area contributed by atoms with Gasteiger partial charge in [0, 0.05) is 43.8 Å². The van der Waals surface area contributed by atoms with Crippen molar-refractivity contribution < 1.29 is 18.4 Å². The van der Waals surface area contributed by atoms with Crippen molar-refractivity contribution in [3.8, 4) is 0 Å². The van der Waals surface area contributed by atoms with E-state index in [4.69, 9.17) is 0 Å². The van der Waals surface area contributed by atoms with Gasteiger partial charge in [-0.1, -0.05) is 12.1 Å². The lowest BCUT2D eigenvalue weighted by molar-refractivity contribution is -0.138. The number of benzene rings is 2. The van der Waals surface area contributed by atoms with Crippen LogP contribution >= 0.6 is 0 Å². The number of nitrogens with zero attached hydrogens (tertiary/aromatic N) is 3. The highest BCUT2D eigenvalue weighted by atomic mass is 19.1. The molecule has 0 aliphatic carbocycles. The van der Waals surface area contributed by atoms with Crippen LogP contribution in [0.3, 0.4) is 0 Å². The summed E-state index contributed by atoms with van der Waals surface area (Å²) in [6.45, 7) is 8.86. The van der Waals surface area contributed by atoms with E-state index >= 15 is 0 Å². The van der Waals surface area contributed by atoms with E-state index in [0.717, 1.165) is 12.0 Å². The first-order valence-corrected chi connectivity index (χ1v) is 11.0. The van der Waals surface area contributed by atoms with Crippen LogP contribution in [0.1, 0.15) is 43.1 Å². The summed E-state index contributed by atoms with van der Waals surface area (Å²) < 4.78 is 26.8. The number of carbonyl (C=O) groups is 2. The van der Waals surface area contributed by atoms with E-state index in [1.54, 1.807) is 15.9 Å². The van der Waals surface area contributed by atoms with E-state index in [9.17, 15) is 18.4 Å². The van der Waals surface area contributed by atoms with Crippen LogP contribution in [-0.2, 0) is 11.3 Å². The summed E-state index contributed by atoms with van der Waals surface area (Å²) in [5.41, 5.74) is 0.796. The molecule has 1 fully saturated rings. The summed E-state index contributed by atoms with van der Waals surface area (Å²) in [6.07, 6.45) is 0.750. The topological polar surface area (TPSA) is 43.9 Å². The molecule has 1 saturated heterocycles. The molecule has 32 heavy (non-hydrogen) atoms. The Morgan fingerprint density at radius 3 is 2.31 bits per heavy atom. The van der Waals surface area contributed by atoms with Gasteiger partial charge in [0.1, 0.15) is 11.6 Å². The average molecular weight is 444 g/mol. The quantitative estimate of drug-likeness (QED) is 0.703. The van der Waals surface area contributed by atoms with Crippen LogP contribution in [0.15, 0.2) is 48.5 Å². The molecule has 1 heterocycles. The van der Waals surface area contributed by atoms with Crippen LogP contribution in [0.2, 0.25) is 0 Å². The molecule has 1 aliphatic heterocycles. The molecular formula is C25H31F2N3O2.